The zero-order valence-corrected chi connectivity index (χ0v) is 15.5. The van der Waals surface area contributed by atoms with Crippen LogP contribution in [0.25, 0.3) is 11.6 Å². The number of pyridine rings is 1. The second kappa shape index (κ2) is 6.86. The highest BCUT2D eigenvalue weighted by molar-refractivity contribution is 5.52. The molecular weight excluding hydrogens is 345 g/mol. The van der Waals surface area contributed by atoms with Gasteiger partial charge in [-0.25, -0.2) is 29.3 Å². The Labute approximate surface area is 157 Å². The van der Waals surface area contributed by atoms with Crippen LogP contribution in [0.4, 0.5) is 16.0 Å². The van der Waals surface area contributed by atoms with E-state index in [1.165, 1.54) is 12.1 Å². The van der Waals surface area contributed by atoms with Crippen molar-refractivity contribution < 1.29 is 4.39 Å². The second-order valence-electron chi connectivity index (χ2n) is 6.68. The summed E-state index contributed by atoms with van der Waals surface area (Å²) in [6, 6.07) is 4.65. The number of halogens is 1. The molecule has 1 atom stereocenters. The molecular formula is C19H20FN7. The van der Waals surface area contributed by atoms with Crippen molar-refractivity contribution in [1.82, 2.24) is 24.9 Å². The largest absolute Gasteiger partial charge is 0.363 e. The van der Waals surface area contributed by atoms with Gasteiger partial charge in [0.1, 0.15) is 17.5 Å². The summed E-state index contributed by atoms with van der Waals surface area (Å²) in [5.41, 5.74) is 1.99. The van der Waals surface area contributed by atoms with Crippen molar-refractivity contribution >= 4 is 11.6 Å². The zero-order chi connectivity index (χ0) is 19.0. The summed E-state index contributed by atoms with van der Waals surface area (Å²) in [5.74, 6) is 1.95. The maximum atomic E-state index is 14.1. The number of hydrogen-bond acceptors (Lipinski definition) is 7. The molecule has 8 heteroatoms. The summed E-state index contributed by atoms with van der Waals surface area (Å²) < 4.78 is 14.1. The lowest BCUT2D eigenvalue weighted by molar-refractivity contribution is 0.590. The van der Waals surface area contributed by atoms with Crippen LogP contribution in [0.3, 0.4) is 0 Å². The molecule has 7 nitrogen and oxygen atoms in total. The van der Waals surface area contributed by atoms with Gasteiger partial charge in [0.05, 0.1) is 11.7 Å². The van der Waals surface area contributed by atoms with Crippen LogP contribution < -0.4 is 9.80 Å². The van der Waals surface area contributed by atoms with Crippen LogP contribution in [0.2, 0.25) is 0 Å². The normalized spacial score (nSPS) is 16.1. The summed E-state index contributed by atoms with van der Waals surface area (Å²) in [5, 5.41) is 0. The van der Waals surface area contributed by atoms with E-state index in [0.717, 1.165) is 17.7 Å². The molecule has 4 rings (SSSR count). The number of nitrogens with zero attached hydrogens (tertiary/aromatic N) is 7. The van der Waals surface area contributed by atoms with Crippen LogP contribution in [-0.4, -0.2) is 45.6 Å². The molecule has 0 radical (unpaired) electrons. The third-order valence-corrected chi connectivity index (χ3v) is 4.69. The van der Waals surface area contributed by atoms with Crippen molar-refractivity contribution in [1.29, 1.82) is 0 Å². The minimum Gasteiger partial charge on any atom is -0.363 e. The molecule has 0 saturated heterocycles. The first-order valence-corrected chi connectivity index (χ1v) is 8.77. The number of anilines is 2. The molecule has 3 aromatic rings. The fourth-order valence-electron chi connectivity index (χ4n) is 3.25. The lowest BCUT2D eigenvalue weighted by atomic mass is 9.99. The second-order valence-corrected chi connectivity index (χ2v) is 6.68. The zero-order valence-electron chi connectivity index (χ0n) is 15.5. The van der Waals surface area contributed by atoms with Crippen LogP contribution in [0.5, 0.6) is 0 Å². The summed E-state index contributed by atoms with van der Waals surface area (Å²) >= 11 is 0. The number of fused-ring (bicyclic) bond motifs is 1. The van der Waals surface area contributed by atoms with Gasteiger partial charge in [-0.1, -0.05) is 0 Å². The predicted octanol–water partition coefficient (Wildman–Crippen LogP) is 2.66. The number of rotatable bonds is 3. The van der Waals surface area contributed by atoms with Gasteiger partial charge < -0.3 is 9.80 Å². The number of aromatic nitrogens is 5. The van der Waals surface area contributed by atoms with E-state index < -0.39 is 0 Å². The van der Waals surface area contributed by atoms with Crippen molar-refractivity contribution in [3.05, 3.63) is 53.9 Å². The standard InChI is InChI=1S/C19H20FN7/c1-12-14-11-23-19(18-21-6-4-7-22-18)24-15(14)5-8-27(12)17-10-13(20)9-16(25-17)26(2)3/h4,6-7,9-12H,5,8H2,1-3H3. The highest BCUT2D eigenvalue weighted by Crippen LogP contribution is 2.33. The van der Waals surface area contributed by atoms with Gasteiger partial charge in [0.15, 0.2) is 11.6 Å². The van der Waals surface area contributed by atoms with Crippen molar-refractivity contribution in [2.24, 2.45) is 0 Å². The summed E-state index contributed by atoms with van der Waals surface area (Å²) in [7, 11) is 3.70. The first kappa shape index (κ1) is 17.3. The van der Waals surface area contributed by atoms with E-state index in [0.29, 0.717) is 29.8 Å². The topological polar surface area (TPSA) is 70.9 Å². The first-order chi connectivity index (χ1) is 13.0. The van der Waals surface area contributed by atoms with Gasteiger partial charge in [0, 0.05) is 63.3 Å². The molecule has 1 unspecified atom stereocenters. The van der Waals surface area contributed by atoms with E-state index in [2.05, 4.69) is 36.7 Å². The van der Waals surface area contributed by atoms with Crippen molar-refractivity contribution in [3.8, 4) is 11.6 Å². The molecule has 3 aromatic heterocycles. The SMILES string of the molecule is CC1c2cnc(-c3ncccn3)nc2CCN1c1cc(F)cc(N(C)C)n1. The fourth-order valence-corrected chi connectivity index (χ4v) is 3.25. The van der Waals surface area contributed by atoms with Crippen molar-refractivity contribution in [3.63, 3.8) is 0 Å². The van der Waals surface area contributed by atoms with Gasteiger partial charge in [-0.2, -0.15) is 0 Å². The van der Waals surface area contributed by atoms with Crippen LogP contribution in [0.15, 0.2) is 36.8 Å². The molecule has 0 saturated carbocycles. The number of hydrogen-bond donors (Lipinski definition) is 0. The molecule has 0 fully saturated rings. The molecule has 0 amide bonds. The lowest BCUT2D eigenvalue weighted by Gasteiger charge is -2.35. The van der Waals surface area contributed by atoms with Gasteiger partial charge in [0.25, 0.3) is 0 Å². The van der Waals surface area contributed by atoms with Crippen molar-refractivity contribution in [2.45, 2.75) is 19.4 Å². The van der Waals surface area contributed by atoms with Gasteiger partial charge in [-0.15, -0.1) is 0 Å². The first-order valence-electron chi connectivity index (χ1n) is 8.77. The van der Waals surface area contributed by atoms with Gasteiger partial charge in [-0.05, 0) is 13.0 Å². The monoisotopic (exact) mass is 365 g/mol. The maximum Gasteiger partial charge on any atom is 0.197 e. The van der Waals surface area contributed by atoms with Crippen LogP contribution in [-0.2, 0) is 6.42 Å². The Morgan fingerprint density at radius 2 is 1.85 bits per heavy atom. The summed E-state index contributed by atoms with van der Waals surface area (Å²) in [6.45, 7) is 2.76. The minimum atomic E-state index is -0.297. The Hall–Kier alpha value is -3.16. The van der Waals surface area contributed by atoms with Gasteiger partial charge in [-0.3, -0.25) is 0 Å². The van der Waals surface area contributed by atoms with E-state index in [1.807, 2.05) is 20.3 Å². The highest BCUT2D eigenvalue weighted by Gasteiger charge is 2.27. The Balaban J connectivity index is 1.67. The molecule has 0 bridgehead atoms. The fraction of sp³-hybridized carbons (Fsp3) is 0.316. The molecule has 1 aliphatic heterocycles. The van der Waals surface area contributed by atoms with Crippen molar-refractivity contribution in [2.75, 3.05) is 30.4 Å². The van der Waals surface area contributed by atoms with E-state index in [1.54, 1.807) is 23.4 Å². The van der Waals surface area contributed by atoms with Gasteiger partial charge in [0.2, 0.25) is 0 Å². The average molecular weight is 365 g/mol. The molecule has 27 heavy (non-hydrogen) atoms. The Bertz CT molecular complexity index is 962. The smallest absolute Gasteiger partial charge is 0.197 e. The Morgan fingerprint density at radius 3 is 2.59 bits per heavy atom. The van der Waals surface area contributed by atoms with Crippen LogP contribution in [0, 0.1) is 5.82 Å². The molecule has 0 aliphatic carbocycles. The van der Waals surface area contributed by atoms with Gasteiger partial charge >= 0.3 is 0 Å². The van der Waals surface area contributed by atoms with E-state index >= 15 is 0 Å². The predicted molar refractivity (Wildman–Crippen MR) is 101 cm³/mol. The molecule has 138 valence electrons. The highest BCUT2D eigenvalue weighted by atomic mass is 19.1. The maximum absolute atomic E-state index is 14.1. The van der Waals surface area contributed by atoms with E-state index in [-0.39, 0.29) is 11.9 Å². The molecule has 0 spiro atoms. The van der Waals surface area contributed by atoms with E-state index in [4.69, 9.17) is 0 Å². The third kappa shape index (κ3) is 3.30. The summed E-state index contributed by atoms with van der Waals surface area (Å²) in [4.78, 5) is 26.0. The van der Waals surface area contributed by atoms with E-state index in [9.17, 15) is 4.39 Å². The van der Waals surface area contributed by atoms with Crippen LogP contribution in [0.1, 0.15) is 24.2 Å². The summed E-state index contributed by atoms with van der Waals surface area (Å²) in [6.07, 6.45) is 5.88. The Kier molecular flexibility index (Phi) is 4.39. The molecule has 4 heterocycles. The lowest BCUT2D eigenvalue weighted by Crippen LogP contribution is -2.35. The minimum absolute atomic E-state index is 0.0104. The average Bonchev–Trinajstić information content (AvgIpc) is 2.68. The quantitative estimate of drug-likeness (QED) is 0.707. The van der Waals surface area contributed by atoms with Crippen LogP contribution >= 0.6 is 0 Å². The molecule has 1 aliphatic rings. The molecule has 0 aromatic carbocycles. The molecule has 0 N–H and O–H groups in total. The Morgan fingerprint density at radius 1 is 1.07 bits per heavy atom. The third-order valence-electron chi connectivity index (χ3n) is 4.69.